The first-order chi connectivity index (χ1) is 9.85. The quantitative estimate of drug-likeness (QED) is 0.930. The highest BCUT2D eigenvalue weighted by Gasteiger charge is 2.30. The topological polar surface area (TPSA) is 54.5 Å². The number of carbonyl (C=O) groups is 1. The summed E-state index contributed by atoms with van der Waals surface area (Å²) in [6, 6.07) is 6.38. The minimum absolute atomic E-state index is 0.176. The van der Waals surface area contributed by atoms with E-state index in [4.69, 9.17) is 4.74 Å². The first-order valence-corrected chi connectivity index (χ1v) is 7.50. The lowest BCUT2D eigenvalue weighted by atomic mass is 10.1. The molecule has 0 aromatic carbocycles. The van der Waals surface area contributed by atoms with Crippen LogP contribution >= 0.6 is 0 Å². The number of hydrogen-bond acceptors (Lipinski definition) is 4. The molecular formula is C16H25N3O2. The Morgan fingerprint density at radius 2 is 2.24 bits per heavy atom. The molecule has 0 unspecified atom stereocenters. The number of nitrogens with one attached hydrogen (secondary N) is 1. The number of hydrogen-bond donors (Lipinski definition) is 1. The molecule has 1 N–H and O–H groups in total. The van der Waals surface area contributed by atoms with Gasteiger partial charge in [-0.15, -0.1) is 0 Å². The summed E-state index contributed by atoms with van der Waals surface area (Å²) in [6.07, 6.45) is 2.52. The predicted octanol–water partition coefficient (Wildman–Crippen LogP) is 2.74. The van der Waals surface area contributed by atoms with Crippen molar-refractivity contribution in [3.63, 3.8) is 0 Å². The molecule has 21 heavy (non-hydrogen) atoms. The van der Waals surface area contributed by atoms with E-state index in [2.05, 4.69) is 17.2 Å². The van der Waals surface area contributed by atoms with Crippen molar-refractivity contribution in [1.82, 2.24) is 15.2 Å². The van der Waals surface area contributed by atoms with Gasteiger partial charge in [0.15, 0.2) is 0 Å². The Morgan fingerprint density at radius 1 is 1.48 bits per heavy atom. The summed E-state index contributed by atoms with van der Waals surface area (Å²) in [7, 11) is 0. The molecule has 5 heteroatoms. The van der Waals surface area contributed by atoms with Crippen molar-refractivity contribution in [3.8, 4) is 0 Å². The summed E-state index contributed by atoms with van der Waals surface area (Å²) in [5.74, 6) is 0. The highest BCUT2D eigenvalue weighted by Crippen LogP contribution is 2.18. The van der Waals surface area contributed by atoms with Gasteiger partial charge in [-0.05, 0) is 46.2 Å². The van der Waals surface area contributed by atoms with Crippen LogP contribution < -0.4 is 5.32 Å². The van der Waals surface area contributed by atoms with E-state index < -0.39 is 5.60 Å². The molecule has 1 aromatic rings. The largest absolute Gasteiger partial charge is 0.444 e. The molecule has 116 valence electrons. The van der Waals surface area contributed by atoms with Gasteiger partial charge in [0.2, 0.25) is 0 Å². The molecular weight excluding hydrogens is 266 g/mol. The van der Waals surface area contributed by atoms with E-state index in [-0.39, 0.29) is 18.2 Å². The molecule has 2 rings (SSSR count). The smallest absolute Gasteiger partial charge is 0.410 e. The van der Waals surface area contributed by atoms with Gasteiger partial charge in [-0.1, -0.05) is 6.07 Å². The van der Waals surface area contributed by atoms with E-state index in [1.165, 1.54) is 0 Å². The molecule has 5 nitrogen and oxygen atoms in total. The van der Waals surface area contributed by atoms with Crippen molar-refractivity contribution < 1.29 is 9.53 Å². The van der Waals surface area contributed by atoms with Gasteiger partial charge in [-0.2, -0.15) is 0 Å². The Morgan fingerprint density at radius 3 is 2.86 bits per heavy atom. The highest BCUT2D eigenvalue weighted by molar-refractivity contribution is 5.68. The summed E-state index contributed by atoms with van der Waals surface area (Å²) in [4.78, 5) is 18.2. The lowest BCUT2D eigenvalue weighted by molar-refractivity contribution is 0.0290. The zero-order chi connectivity index (χ0) is 15.5. The SMILES string of the molecule is C[C@H](N[C@H]1CCN(C(=O)OC(C)(C)C)C1)c1ccccn1. The van der Waals surface area contributed by atoms with Crippen LogP contribution in [0.5, 0.6) is 0 Å². The summed E-state index contributed by atoms with van der Waals surface area (Å²) in [6.45, 7) is 9.19. The van der Waals surface area contributed by atoms with Gasteiger partial charge in [-0.3, -0.25) is 4.98 Å². The summed E-state index contributed by atoms with van der Waals surface area (Å²) >= 11 is 0. The minimum atomic E-state index is -0.441. The molecule has 1 aromatic heterocycles. The fourth-order valence-corrected chi connectivity index (χ4v) is 2.46. The number of likely N-dealkylation sites (tertiary alicyclic amines) is 1. The molecule has 1 amide bonds. The molecule has 2 atom stereocenters. The number of pyridine rings is 1. The molecule has 0 saturated carbocycles. The van der Waals surface area contributed by atoms with Crippen LogP contribution in [0, 0.1) is 0 Å². The third-order valence-corrected chi connectivity index (χ3v) is 3.46. The maximum absolute atomic E-state index is 12.0. The minimum Gasteiger partial charge on any atom is -0.444 e. The van der Waals surface area contributed by atoms with E-state index in [1.54, 1.807) is 11.1 Å². The van der Waals surface area contributed by atoms with Gasteiger partial charge < -0.3 is 15.0 Å². The molecule has 0 spiro atoms. The molecule has 1 saturated heterocycles. The van der Waals surface area contributed by atoms with Crippen molar-refractivity contribution in [2.75, 3.05) is 13.1 Å². The fourth-order valence-electron chi connectivity index (χ4n) is 2.46. The number of aromatic nitrogens is 1. The number of rotatable bonds is 3. The van der Waals surface area contributed by atoms with E-state index in [0.717, 1.165) is 18.7 Å². The third-order valence-electron chi connectivity index (χ3n) is 3.46. The van der Waals surface area contributed by atoms with Crippen molar-refractivity contribution in [3.05, 3.63) is 30.1 Å². The molecule has 1 fully saturated rings. The van der Waals surface area contributed by atoms with Crippen molar-refractivity contribution >= 4 is 6.09 Å². The van der Waals surface area contributed by atoms with Crippen LogP contribution in [0.2, 0.25) is 0 Å². The molecule has 0 aliphatic carbocycles. The second-order valence-corrected chi connectivity index (χ2v) is 6.55. The fraction of sp³-hybridized carbons (Fsp3) is 0.625. The number of amides is 1. The molecule has 2 heterocycles. The second kappa shape index (κ2) is 6.43. The van der Waals surface area contributed by atoms with Crippen molar-refractivity contribution in [2.24, 2.45) is 0 Å². The average Bonchev–Trinajstić information content (AvgIpc) is 2.86. The average molecular weight is 291 g/mol. The Hall–Kier alpha value is -1.62. The van der Waals surface area contributed by atoms with Gasteiger partial charge in [0.25, 0.3) is 0 Å². The predicted molar refractivity (Wildman–Crippen MR) is 82.0 cm³/mol. The van der Waals surface area contributed by atoms with Crippen LogP contribution in [0.3, 0.4) is 0 Å². The van der Waals surface area contributed by atoms with Gasteiger partial charge >= 0.3 is 6.09 Å². The van der Waals surface area contributed by atoms with Crippen LogP contribution in [0.15, 0.2) is 24.4 Å². The molecule has 1 aliphatic rings. The Bertz CT molecular complexity index is 470. The van der Waals surface area contributed by atoms with E-state index in [1.807, 2.05) is 39.0 Å². The maximum Gasteiger partial charge on any atom is 0.410 e. The number of ether oxygens (including phenoxy) is 1. The maximum atomic E-state index is 12.0. The Labute approximate surface area is 126 Å². The number of nitrogens with zero attached hydrogens (tertiary/aromatic N) is 2. The summed E-state index contributed by atoms with van der Waals surface area (Å²) in [5, 5.41) is 3.53. The van der Waals surface area contributed by atoms with E-state index in [9.17, 15) is 4.79 Å². The van der Waals surface area contributed by atoms with E-state index >= 15 is 0 Å². The van der Waals surface area contributed by atoms with Gasteiger partial charge in [0.05, 0.1) is 5.69 Å². The second-order valence-electron chi connectivity index (χ2n) is 6.55. The summed E-state index contributed by atoms with van der Waals surface area (Å²) < 4.78 is 5.41. The lowest BCUT2D eigenvalue weighted by Crippen LogP contribution is -2.39. The van der Waals surface area contributed by atoms with Crippen molar-refractivity contribution in [1.29, 1.82) is 0 Å². The standard InChI is InChI=1S/C16H25N3O2/c1-12(14-7-5-6-9-17-14)18-13-8-10-19(11-13)15(20)21-16(2,3)4/h5-7,9,12-13,18H,8,10-11H2,1-4H3/t12-,13-/m0/s1. The Kier molecular flexibility index (Phi) is 4.83. The molecule has 1 aliphatic heterocycles. The van der Waals surface area contributed by atoms with E-state index in [0.29, 0.717) is 6.54 Å². The normalized spacial score (nSPS) is 20.4. The Balaban J connectivity index is 1.84. The van der Waals surface area contributed by atoms with Gasteiger partial charge in [0.1, 0.15) is 5.60 Å². The van der Waals surface area contributed by atoms with Gasteiger partial charge in [-0.25, -0.2) is 4.79 Å². The lowest BCUT2D eigenvalue weighted by Gasteiger charge is -2.25. The zero-order valence-electron chi connectivity index (χ0n) is 13.3. The van der Waals surface area contributed by atoms with Crippen LogP contribution in [-0.4, -0.2) is 40.7 Å². The van der Waals surface area contributed by atoms with Gasteiger partial charge in [0, 0.05) is 31.4 Å². The first-order valence-electron chi connectivity index (χ1n) is 7.50. The van der Waals surface area contributed by atoms with Crippen LogP contribution in [0.4, 0.5) is 4.79 Å². The number of carbonyl (C=O) groups excluding carboxylic acids is 1. The first kappa shape index (κ1) is 15.8. The summed E-state index contributed by atoms with van der Waals surface area (Å²) in [5.41, 5.74) is 0.581. The monoisotopic (exact) mass is 291 g/mol. The van der Waals surface area contributed by atoms with Crippen molar-refractivity contribution in [2.45, 2.75) is 51.8 Å². The molecule has 0 radical (unpaired) electrons. The molecule has 0 bridgehead atoms. The highest BCUT2D eigenvalue weighted by atomic mass is 16.6. The van der Waals surface area contributed by atoms with Crippen LogP contribution in [-0.2, 0) is 4.74 Å². The zero-order valence-corrected chi connectivity index (χ0v) is 13.3. The van der Waals surface area contributed by atoms with Crippen LogP contribution in [0.1, 0.15) is 45.9 Å². The third kappa shape index (κ3) is 4.70. The van der Waals surface area contributed by atoms with Crippen LogP contribution in [0.25, 0.3) is 0 Å².